The van der Waals surface area contributed by atoms with Crippen molar-refractivity contribution in [3.63, 3.8) is 0 Å². The second-order valence-electron chi connectivity index (χ2n) is 7.35. The first-order valence-electron chi connectivity index (χ1n) is 10.3. The Hall–Kier alpha value is -2.96. The Morgan fingerprint density at radius 3 is 2.59 bits per heavy atom. The molecule has 1 saturated heterocycles. The molecule has 0 spiro atoms. The van der Waals surface area contributed by atoms with E-state index < -0.39 is 0 Å². The number of nitrogens with one attached hydrogen (secondary N) is 1. The topological polar surface area (TPSA) is 58.6 Å². The number of anilines is 1. The van der Waals surface area contributed by atoms with Gasteiger partial charge in [-0.05, 0) is 54.4 Å². The number of benzene rings is 3. The van der Waals surface area contributed by atoms with Gasteiger partial charge in [0.15, 0.2) is 0 Å². The van der Waals surface area contributed by atoms with Crippen LogP contribution in [0.2, 0.25) is 5.02 Å². The molecule has 2 amide bonds. The molecule has 1 N–H and O–H groups in total. The van der Waals surface area contributed by atoms with E-state index in [9.17, 15) is 9.59 Å². The summed E-state index contributed by atoms with van der Waals surface area (Å²) in [6, 6.07) is 22.3. The number of hydrogen-bond donors (Lipinski definition) is 1. The van der Waals surface area contributed by atoms with Crippen LogP contribution in [-0.2, 0) is 11.3 Å². The maximum absolute atomic E-state index is 12.7. The van der Waals surface area contributed by atoms with E-state index >= 15 is 0 Å². The molecule has 0 bridgehead atoms. The molecule has 1 aliphatic heterocycles. The van der Waals surface area contributed by atoms with Gasteiger partial charge in [-0.3, -0.25) is 9.59 Å². The Labute approximate surface area is 196 Å². The number of ether oxygens (including phenoxy) is 1. The molecule has 32 heavy (non-hydrogen) atoms. The van der Waals surface area contributed by atoms with Crippen molar-refractivity contribution in [1.82, 2.24) is 4.90 Å². The lowest BCUT2D eigenvalue weighted by molar-refractivity contribution is -0.128. The molecule has 0 saturated carbocycles. The van der Waals surface area contributed by atoms with Crippen LogP contribution in [-0.4, -0.2) is 29.1 Å². The lowest BCUT2D eigenvalue weighted by Gasteiger charge is -2.24. The zero-order chi connectivity index (χ0) is 22.5. The van der Waals surface area contributed by atoms with Crippen molar-refractivity contribution in [3.8, 4) is 5.75 Å². The summed E-state index contributed by atoms with van der Waals surface area (Å²) in [5.74, 6) is 1.06. The first-order valence-corrected chi connectivity index (χ1v) is 11.8. The van der Waals surface area contributed by atoms with Crippen LogP contribution >= 0.6 is 23.4 Å². The minimum absolute atomic E-state index is 0.0850. The van der Waals surface area contributed by atoms with Crippen LogP contribution < -0.4 is 10.1 Å². The molecule has 1 heterocycles. The van der Waals surface area contributed by atoms with Crippen molar-refractivity contribution in [3.05, 3.63) is 94.5 Å². The van der Waals surface area contributed by atoms with E-state index in [1.54, 1.807) is 30.0 Å². The van der Waals surface area contributed by atoms with Crippen molar-refractivity contribution in [1.29, 1.82) is 0 Å². The summed E-state index contributed by atoms with van der Waals surface area (Å²) in [6.07, 6.45) is 0. The van der Waals surface area contributed by atoms with Gasteiger partial charge < -0.3 is 15.0 Å². The predicted molar refractivity (Wildman–Crippen MR) is 129 cm³/mol. The molecule has 5 nitrogen and oxygen atoms in total. The van der Waals surface area contributed by atoms with E-state index in [-0.39, 0.29) is 17.2 Å². The molecule has 1 fully saturated rings. The summed E-state index contributed by atoms with van der Waals surface area (Å²) in [5, 5.41) is 3.49. The van der Waals surface area contributed by atoms with Gasteiger partial charge in [-0.25, -0.2) is 0 Å². The van der Waals surface area contributed by atoms with Crippen LogP contribution in [0, 0.1) is 0 Å². The summed E-state index contributed by atoms with van der Waals surface area (Å²) in [5.41, 5.74) is 3.25. The minimum Gasteiger partial charge on any atom is -0.494 e. The third kappa shape index (κ3) is 5.26. The molecule has 4 rings (SSSR count). The monoisotopic (exact) mass is 466 g/mol. The van der Waals surface area contributed by atoms with Crippen molar-refractivity contribution in [2.45, 2.75) is 18.8 Å². The fourth-order valence-corrected chi connectivity index (χ4v) is 4.83. The molecule has 7 heteroatoms. The normalized spacial score (nSPS) is 15.6. The Morgan fingerprint density at radius 1 is 1.12 bits per heavy atom. The van der Waals surface area contributed by atoms with Gasteiger partial charge in [0.05, 0.1) is 12.4 Å². The number of nitrogens with zero attached hydrogens (tertiary/aromatic N) is 1. The van der Waals surface area contributed by atoms with Crippen LogP contribution in [0.4, 0.5) is 5.69 Å². The van der Waals surface area contributed by atoms with Gasteiger partial charge in [-0.15, -0.1) is 11.8 Å². The zero-order valence-electron chi connectivity index (χ0n) is 17.6. The number of hydrogen-bond acceptors (Lipinski definition) is 4. The Morgan fingerprint density at radius 2 is 1.88 bits per heavy atom. The molecule has 164 valence electrons. The fraction of sp³-hybridized carbons (Fsp3) is 0.200. The van der Waals surface area contributed by atoms with Crippen LogP contribution in [0.3, 0.4) is 0 Å². The standard InChI is InChI=1S/C25H23ClN2O3S/c1-2-31-22-5-3-4-21(14-22)27-24(30)18-8-10-19(11-9-18)25-28(23(29)16-32-25)15-17-6-12-20(26)13-7-17/h3-14,25H,2,15-16H2,1H3,(H,27,30). The van der Waals surface area contributed by atoms with Gasteiger partial charge in [-0.1, -0.05) is 41.9 Å². The molecule has 0 aliphatic carbocycles. The van der Waals surface area contributed by atoms with Crippen LogP contribution in [0.15, 0.2) is 72.8 Å². The third-order valence-electron chi connectivity index (χ3n) is 5.10. The number of halogens is 1. The molecule has 3 aromatic carbocycles. The summed E-state index contributed by atoms with van der Waals surface area (Å²) < 4.78 is 5.48. The van der Waals surface area contributed by atoms with Crippen molar-refractivity contribution in [2.24, 2.45) is 0 Å². The van der Waals surface area contributed by atoms with E-state index in [0.29, 0.717) is 40.9 Å². The molecule has 1 atom stereocenters. The number of carbonyl (C=O) groups excluding carboxylic acids is 2. The molecular formula is C25H23ClN2O3S. The van der Waals surface area contributed by atoms with Gasteiger partial charge in [-0.2, -0.15) is 0 Å². The largest absolute Gasteiger partial charge is 0.494 e. The van der Waals surface area contributed by atoms with Crippen LogP contribution in [0.25, 0.3) is 0 Å². The lowest BCUT2D eigenvalue weighted by Crippen LogP contribution is -2.27. The van der Waals surface area contributed by atoms with Gasteiger partial charge in [0.2, 0.25) is 5.91 Å². The summed E-state index contributed by atoms with van der Waals surface area (Å²) in [7, 11) is 0. The smallest absolute Gasteiger partial charge is 0.255 e. The highest BCUT2D eigenvalue weighted by molar-refractivity contribution is 8.00. The minimum atomic E-state index is -0.196. The van der Waals surface area contributed by atoms with E-state index in [0.717, 1.165) is 11.1 Å². The first kappa shape index (κ1) is 22.2. The number of rotatable bonds is 7. The average molecular weight is 467 g/mol. The second-order valence-corrected chi connectivity index (χ2v) is 8.85. The van der Waals surface area contributed by atoms with Crippen molar-refractivity contribution < 1.29 is 14.3 Å². The quantitative estimate of drug-likeness (QED) is 0.480. The summed E-state index contributed by atoms with van der Waals surface area (Å²) in [6.45, 7) is 3.00. The average Bonchev–Trinajstić information content (AvgIpc) is 3.16. The molecular weight excluding hydrogens is 444 g/mol. The van der Waals surface area contributed by atoms with Crippen LogP contribution in [0.5, 0.6) is 5.75 Å². The Balaban J connectivity index is 1.45. The van der Waals surface area contributed by atoms with E-state index in [2.05, 4.69) is 5.32 Å². The van der Waals surface area contributed by atoms with E-state index in [1.165, 1.54) is 0 Å². The highest BCUT2D eigenvalue weighted by atomic mass is 35.5. The van der Waals surface area contributed by atoms with E-state index in [1.807, 2.05) is 66.4 Å². The predicted octanol–water partition coefficient (Wildman–Crippen LogP) is 5.77. The molecule has 0 aromatic heterocycles. The zero-order valence-corrected chi connectivity index (χ0v) is 19.2. The maximum Gasteiger partial charge on any atom is 0.255 e. The van der Waals surface area contributed by atoms with Crippen LogP contribution in [0.1, 0.15) is 33.8 Å². The maximum atomic E-state index is 12.7. The Bertz CT molecular complexity index is 1100. The highest BCUT2D eigenvalue weighted by Crippen LogP contribution is 2.39. The van der Waals surface area contributed by atoms with Gasteiger partial charge >= 0.3 is 0 Å². The number of amides is 2. The molecule has 0 radical (unpaired) electrons. The number of thioether (sulfide) groups is 1. The molecule has 1 unspecified atom stereocenters. The van der Waals surface area contributed by atoms with Gasteiger partial charge in [0.1, 0.15) is 11.1 Å². The molecule has 1 aliphatic rings. The SMILES string of the molecule is CCOc1cccc(NC(=O)c2ccc(C3SCC(=O)N3Cc3ccc(Cl)cc3)cc2)c1. The van der Waals surface area contributed by atoms with Crippen molar-refractivity contribution in [2.75, 3.05) is 17.7 Å². The number of carbonyl (C=O) groups is 2. The first-order chi connectivity index (χ1) is 15.5. The summed E-state index contributed by atoms with van der Waals surface area (Å²) in [4.78, 5) is 27.0. The third-order valence-corrected chi connectivity index (χ3v) is 6.60. The van der Waals surface area contributed by atoms with Gasteiger partial charge in [0.25, 0.3) is 5.91 Å². The van der Waals surface area contributed by atoms with Gasteiger partial charge in [0, 0.05) is 28.9 Å². The Kier molecular flexibility index (Phi) is 7.02. The fourth-order valence-electron chi connectivity index (χ4n) is 3.52. The lowest BCUT2D eigenvalue weighted by atomic mass is 10.1. The second kappa shape index (κ2) is 10.1. The molecule has 3 aromatic rings. The highest BCUT2D eigenvalue weighted by Gasteiger charge is 2.32. The van der Waals surface area contributed by atoms with Crippen molar-refractivity contribution >= 4 is 40.9 Å². The summed E-state index contributed by atoms with van der Waals surface area (Å²) >= 11 is 7.56. The van der Waals surface area contributed by atoms with E-state index in [4.69, 9.17) is 16.3 Å².